The highest BCUT2D eigenvalue weighted by Crippen LogP contribution is 2.28. The summed E-state index contributed by atoms with van der Waals surface area (Å²) in [6.07, 6.45) is 2.40. The molecule has 2 rings (SSSR count). The molecule has 1 heterocycles. The summed E-state index contributed by atoms with van der Waals surface area (Å²) in [5, 5.41) is 0.196. The molecule has 0 aliphatic carbocycles. The van der Waals surface area contributed by atoms with Crippen LogP contribution >= 0.6 is 24.0 Å². The van der Waals surface area contributed by atoms with E-state index >= 15 is 0 Å². The molecule has 114 valence electrons. The molecule has 1 saturated heterocycles. The van der Waals surface area contributed by atoms with Gasteiger partial charge in [-0.3, -0.25) is 0 Å². The van der Waals surface area contributed by atoms with Gasteiger partial charge < -0.3 is 5.73 Å². The molecule has 1 aliphatic rings. The van der Waals surface area contributed by atoms with Gasteiger partial charge in [-0.15, -0.1) is 12.4 Å². The first kappa shape index (κ1) is 17.7. The fourth-order valence-electron chi connectivity index (χ4n) is 2.33. The van der Waals surface area contributed by atoms with E-state index in [-0.39, 0.29) is 34.9 Å². The predicted octanol–water partition coefficient (Wildman–Crippen LogP) is 2.40. The molecule has 1 unspecified atom stereocenters. The molecule has 8 heteroatoms. The third-order valence-corrected chi connectivity index (χ3v) is 5.53. The Morgan fingerprint density at radius 3 is 2.75 bits per heavy atom. The molecule has 0 saturated carbocycles. The monoisotopic (exact) mass is 342 g/mol. The molecule has 1 aromatic carbocycles. The van der Waals surface area contributed by atoms with E-state index in [0.29, 0.717) is 13.0 Å². The number of nitrogens with two attached hydrogens (primary N) is 1. The highest BCUT2D eigenvalue weighted by atomic mass is 35.5. The van der Waals surface area contributed by atoms with Gasteiger partial charge in [0, 0.05) is 24.2 Å². The average molecular weight is 343 g/mol. The number of nitrogens with zero attached hydrogens (tertiary/aromatic N) is 1. The Kier molecular flexibility index (Phi) is 6.22. The van der Waals surface area contributed by atoms with Crippen molar-refractivity contribution in [2.24, 2.45) is 5.73 Å². The van der Waals surface area contributed by atoms with Crippen LogP contribution in [0.3, 0.4) is 0 Å². The van der Waals surface area contributed by atoms with E-state index in [2.05, 4.69) is 0 Å². The van der Waals surface area contributed by atoms with Crippen LogP contribution in [0.5, 0.6) is 0 Å². The van der Waals surface area contributed by atoms with E-state index in [1.165, 1.54) is 10.4 Å². The summed E-state index contributed by atoms with van der Waals surface area (Å²) in [5.74, 6) is -0.786. The number of rotatable bonds is 3. The van der Waals surface area contributed by atoms with Gasteiger partial charge >= 0.3 is 0 Å². The fourth-order valence-corrected chi connectivity index (χ4v) is 4.36. The Hall–Kier alpha value is -0.400. The van der Waals surface area contributed by atoms with Gasteiger partial charge in [0.2, 0.25) is 10.0 Å². The first-order valence-electron chi connectivity index (χ1n) is 6.14. The zero-order valence-corrected chi connectivity index (χ0v) is 13.1. The minimum absolute atomic E-state index is 0. The predicted molar refractivity (Wildman–Crippen MR) is 79.2 cm³/mol. The Bertz CT molecular complexity index is 569. The van der Waals surface area contributed by atoms with E-state index in [1.807, 2.05) is 0 Å². The second-order valence-corrected chi connectivity index (χ2v) is 6.87. The quantitative estimate of drug-likeness (QED) is 0.917. The van der Waals surface area contributed by atoms with Crippen LogP contribution in [0.15, 0.2) is 23.1 Å². The van der Waals surface area contributed by atoms with Gasteiger partial charge in [-0.1, -0.05) is 18.0 Å². The Labute approximate surface area is 129 Å². The maximum absolute atomic E-state index is 13.8. The topological polar surface area (TPSA) is 63.4 Å². The molecule has 2 N–H and O–H groups in total. The second kappa shape index (κ2) is 7.04. The molecule has 1 aromatic rings. The highest BCUT2D eigenvalue weighted by Gasteiger charge is 2.34. The van der Waals surface area contributed by atoms with Crippen LogP contribution < -0.4 is 5.73 Å². The van der Waals surface area contributed by atoms with Crippen LogP contribution in [0.2, 0.25) is 5.02 Å². The van der Waals surface area contributed by atoms with Gasteiger partial charge in [0.25, 0.3) is 0 Å². The number of benzene rings is 1. The molecule has 0 radical (unpaired) electrons. The van der Waals surface area contributed by atoms with E-state index in [1.54, 1.807) is 0 Å². The van der Waals surface area contributed by atoms with Crippen molar-refractivity contribution in [3.8, 4) is 0 Å². The van der Waals surface area contributed by atoms with Crippen molar-refractivity contribution >= 4 is 34.0 Å². The van der Waals surface area contributed by atoms with Crippen LogP contribution in [0.1, 0.15) is 19.3 Å². The molecule has 20 heavy (non-hydrogen) atoms. The summed E-state index contributed by atoms with van der Waals surface area (Å²) in [6, 6.07) is 3.27. The minimum Gasteiger partial charge on any atom is -0.329 e. The standard InChI is InChI=1S/C12H16ClFN2O2S.ClH/c13-9-4-5-11(14)12(7-9)19(17,18)16-6-2-1-3-10(16)8-15;/h4-5,7,10H,1-3,6,8,15H2;1H. The van der Waals surface area contributed by atoms with Crippen molar-refractivity contribution in [1.29, 1.82) is 0 Å². The molecule has 0 amide bonds. The van der Waals surface area contributed by atoms with Crippen molar-refractivity contribution in [3.05, 3.63) is 29.0 Å². The lowest BCUT2D eigenvalue weighted by atomic mass is 10.1. The van der Waals surface area contributed by atoms with Gasteiger partial charge in [0.1, 0.15) is 10.7 Å². The van der Waals surface area contributed by atoms with Crippen molar-refractivity contribution in [3.63, 3.8) is 0 Å². The molecule has 1 atom stereocenters. The molecule has 4 nitrogen and oxygen atoms in total. The van der Waals surface area contributed by atoms with E-state index in [9.17, 15) is 12.8 Å². The SMILES string of the molecule is Cl.NCC1CCCCN1S(=O)(=O)c1cc(Cl)ccc1F. The van der Waals surface area contributed by atoms with Crippen LogP contribution in [0.25, 0.3) is 0 Å². The largest absolute Gasteiger partial charge is 0.329 e. The molecule has 1 fully saturated rings. The summed E-state index contributed by atoms with van der Waals surface area (Å²) in [4.78, 5) is -0.375. The fraction of sp³-hybridized carbons (Fsp3) is 0.500. The lowest BCUT2D eigenvalue weighted by Crippen LogP contribution is -2.47. The molecule has 0 spiro atoms. The molecule has 0 bridgehead atoms. The zero-order valence-electron chi connectivity index (χ0n) is 10.8. The Balaban J connectivity index is 0.00000200. The normalized spacial score (nSPS) is 20.4. The van der Waals surface area contributed by atoms with Crippen LogP contribution in [-0.2, 0) is 10.0 Å². The summed E-state index contributed by atoms with van der Waals surface area (Å²) in [7, 11) is -3.88. The summed E-state index contributed by atoms with van der Waals surface area (Å²) >= 11 is 5.76. The number of halogens is 3. The number of sulfonamides is 1. The molecular weight excluding hydrogens is 326 g/mol. The number of hydrogen-bond donors (Lipinski definition) is 1. The zero-order chi connectivity index (χ0) is 14.0. The van der Waals surface area contributed by atoms with Crippen molar-refractivity contribution in [1.82, 2.24) is 4.31 Å². The molecule has 0 aromatic heterocycles. The third kappa shape index (κ3) is 3.43. The third-order valence-electron chi connectivity index (χ3n) is 3.33. The van der Waals surface area contributed by atoms with Crippen molar-refractivity contribution < 1.29 is 12.8 Å². The average Bonchev–Trinajstić information content (AvgIpc) is 2.41. The van der Waals surface area contributed by atoms with Gasteiger partial charge in [0.05, 0.1) is 0 Å². The summed E-state index contributed by atoms with van der Waals surface area (Å²) in [6.45, 7) is 0.609. The van der Waals surface area contributed by atoms with Crippen LogP contribution in [0, 0.1) is 5.82 Å². The smallest absolute Gasteiger partial charge is 0.246 e. The maximum Gasteiger partial charge on any atom is 0.246 e. The minimum atomic E-state index is -3.88. The van der Waals surface area contributed by atoms with E-state index in [4.69, 9.17) is 17.3 Å². The first-order chi connectivity index (χ1) is 8.96. The van der Waals surface area contributed by atoms with Gasteiger partial charge in [-0.2, -0.15) is 4.31 Å². The Morgan fingerprint density at radius 2 is 2.10 bits per heavy atom. The first-order valence-corrected chi connectivity index (χ1v) is 7.95. The lowest BCUT2D eigenvalue weighted by Gasteiger charge is -2.33. The van der Waals surface area contributed by atoms with E-state index in [0.717, 1.165) is 25.0 Å². The molecule has 1 aliphatic heterocycles. The Morgan fingerprint density at radius 1 is 1.40 bits per heavy atom. The summed E-state index contributed by atoms with van der Waals surface area (Å²) < 4.78 is 40.1. The second-order valence-electron chi connectivity index (χ2n) is 4.58. The lowest BCUT2D eigenvalue weighted by molar-refractivity contribution is 0.257. The number of hydrogen-bond acceptors (Lipinski definition) is 3. The summed E-state index contributed by atoms with van der Waals surface area (Å²) in [5.41, 5.74) is 5.61. The highest BCUT2D eigenvalue weighted by molar-refractivity contribution is 7.89. The van der Waals surface area contributed by atoms with E-state index < -0.39 is 15.8 Å². The van der Waals surface area contributed by atoms with Crippen LogP contribution in [0.4, 0.5) is 4.39 Å². The van der Waals surface area contributed by atoms with Gasteiger partial charge in [0.15, 0.2) is 0 Å². The van der Waals surface area contributed by atoms with Gasteiger partial charge in [-0.25, -0.2) is 12.8 Å². The van der Waals surface area contributed by atoms with Crippen molar-refractivity contribution in [2.75, 3.05) is 13.1 Å². The molecular formula is C12H17Cl2FN2O2S. The van der Waals surface area contributed by atoms with Crippen molar-refractivity contribution in [2.45, 2.75) is 30.2 Å². The van der Waals surface area contributed by atoms with Gasteiger partial charge in [-0.05, 0) is 31.0 Å². The maximum atomic E-state index is 13.8. The van der Waals surface area contributed by atoms with Crippen LogP contribution in [-0.4, -0.2) is 31.9 Å². The number of piperidine rings is 1.